The topological polar surface area (TPSA) is 38.3 Å². The van der Waals surface area contributed by atoms with Crippen molar-refractivity contribution in [2.24, 2.45) is 17.8 Å². The monoisotopic (exact) mass is 321 g/mol. The van der Waals surface area contributed by atoms with Crippen LogP contribution in [0.25, 0.3) is 0 Å². The lowest BCUT2D eigenvalue weighted by atomic mass is 9.84. The molecule has 2 aliphatic rings. The number of carbonyl (C=O) groups excluding carboxylic acids is 1. The van der Waals surface area contributed by atoms with Crippen molar-refractivity contribution in [3.63, 3.8) is 0 Å². The SMILES string of the molecule is Cc1cc(Cl)ccc1OCC(=O)N[C@H](C)[C@@H]1C[C@@H]2CC[C@@H]1C2. The second kappa shape index (κ2) is 6.49. The van der Waals surface area contributed by atoms with Gasteiger partial charge in [-0.3, -0.25) is 4.79 Å². The summed E-state index contributed by atoms with van der Waals surface area (Å²) in [6.45, 7) is 4.13. The van der Waals surface area contributed by atoms with Gasteiger partial charge in [-0.1, -0.05) is 18.0 Å². The van der Waals surface area contributed by atoms with Crippen LogP contribution in [0.2, 0.25) is 5.02 Å². The first-order chi connectivity index (χ1) is 10.5. The Morgan fingerprint density at radius 3 is 2.86 bits per heavy atom. The van der Waals surface area contributed by atoms with Crippen molar-refractivity contribution in [1.82, 2.24) is 5.32 Å². The molecule has 3 rings (SSSR count). The van der Waals surface area contributed by atoms with E-state index < -0.39 is 0 Å². The number of benzene rings is 1. The molecule has 2 bridgehead atoms. The number of nitrogens with one attached hydrogen (secondary N) is 1. The van der Waals surface area contributed by atoms with Gasteiger partial charge in [0.25, 0.3) is 5.91 Å². The largest absolute Gasteiger partial charge is 0.484 e. The number of halogens is 1. The summed E-state index contributed by atoms with van der Waals surface area (Å²) in [5.41, 5.74) is 0.946. The number of aryl methyl sites for hydroxylation is 1. The van der Waals surface area contributed by atoms with E-state index in [1.165, 1.54) is 25.7 Å². The first-order valence-electron chi connectivity index (χ1n) is 8.21. The van der Waals surface area contributed by atoms with Crippen molar-refractivity contribution in [3.05, 3.63) is 28.8 Å². The number of hydrogen-bond acceptors (Lipinski definition) is 2. The smallest absolute Gasteiger partial charge is 0.258 e. The molecule has 3 nitrogen and oxygen atoms in total. The Bertz CT molecular complexity index is 560. The van der Waals surface area contributed by atoms with Gasteiger partial charge in [-0.25, -0.2) is 0 Å². The van der Waals surface area contributed by atoms with Crippen LogP contribution in [0.15, 0.2) is 18.2 Å². The molecule has 0 saturated heterocycles. The first kappa shape index (κ1) is 15.7. The summed E-state index contributed by atoms with van der Waals surface area (Å²) in [5, 5.41) is 3.80. The van der Waals surface area contributed by atoms with Gasteiger partial charge in [0.2, 0.25) is 0 Å². The third kappa shape index (κ3) is 3.40. The normalized spacial score (nSPS) is 27.7. The number of carbonyl (C=O) groups is 1. The maximum Gasteiger partial charge on any atom is 0.258 e. The zero-order chi connectivity index (χ0) is 15.7. The van der Waals surface area contributed by atoms with Crippen LogP contribution >= 0.6 is 11.6 Å². The molecule has 4 atom stereocenters. The number of amides is 1. The average molecular weight is 322 g/mol. The van der Waals surface area contributed by atoms with E-state index >= 15 is 0 Å². The zero-order valence-electron chi connectivity index (χ0n) is 13.3. The number of fused-ring (bicyclic) bond motifs is 2. The van der Waals surface area contributed by atoms with Crippen LogP contribution in [0.4, 0.5) is 0 Å². The van der Waals surface area contributed by atoms with Gasteiger partial charge >= 0.3 is 0 Å². The first-order valence-corrected chi connectivity index (χ1v) is 8.59. The predicted octanol–water partition coefficient (Wildman–Crippen LogP) is 3.97. The maximum atomic E-state index is 12.1. The Kier molecular flexibility index (Phi) is 4.62. The lowest BCUT2D eigenvalue weighted by molar-refractivity contribution is -0.124. The summed E-state index contributed by atoms with van der Waals surface area (Å²) in [5.74, 6) is 3.05. The van der Waals surface area contributed by atoms with Gasteiger partial charge in [0.15, 0.2) is 6.61 Å². The van der Waals surface area contributed by atoms with E-state index in [1.807, 2.05) is 19.1 Å². The molecule has 2 saturated carbocycles. The summed E-state index contributed by atoms with van der Waals surface area (Å²) >= 11 is 5.92. The van der Waals surface area contributed by atoms with E-state index in [1.54, 1.807) is 6.07 Å². The van der Waals surface area contributed by atoms with Crippen molar-refractivity contribution in [2.45, 2.75) is 45.6 Å². The highest BCUT2D eigenvalue weighted by Crippen LogP contribution is 2.49. The molecule has 120 valence electrons. The number of hydrogen-bond donors (Lipinski definition) is 1. The van der Waals surface area contributed by atoms with Gasteiger partial charge in [0, 0.05) is 11.1 Å². The van der Waals surface area contributed by atoms with Crippen molar-refractivity contribution < 1.29 is 9.53 Å². The molecule has 22 heavy (non-hydrogen) atoms. The lowest BCUT2D eigenvalue weighted by Gasteiger charge is -2.28. The summed E-state index contributed by atoms with van der Waals surface area (Å²) in [7, 11) is 0. The molecule has 0 aromatic heterocycles. The molecule has 0 heterocycles. The van der Waals surface area contributed by atoms with Gasteiger partial charge in [0.1, 0.15) is 5.75 Å². The fourth-order valence-corrected chi connectivity index (χ4v) is 4.45. The lowest BCUT2D eigenvalue weighted by Crippen LogP contribution is -2.42. The van der Waals surface area contributed by atoms with Crippen LogP contribution in [0, 0.1) is 24.7 Å². The zero-order valence-corrected chi connectivity index (χ0v) is 14.0. The van der Waals surface area contributed by atoms with E-state index in [9.17, 15) is 4.79 Å². The molecule has 1 amide bonds. The molecule has 0 unspecified atom stereocenters. The van der Waals surface area contributed by atoms with Gasteiger partial charge in [-0.05, 0) is 74.6 Å². The fourth-order valence-electron chi connectivity index (χ4n) is 4.23. The van der Waals surface area contributed by atoms with Crippen LogP contribution in [-0.2, 0) is 4.79 Å². The van der Waals surface area contributed by atoms with E-state index in [0.717, 1.165) is 17.4 Å². The van der Waals surface area contributed by atoms with Gasteiger partial charge < -0.3 is 10.1 Å². The Hall–Kier alpha value is -1.22. The molecule has 0 spiro atoms. The van der Waals surface area contributed by atoms with E-state index in [2.05, 4.69) is 12.2 Å². The highest BCUT2D eigenvalue weighted by molar-refractivity contribution is 6.30. The second-order valence-corrected chi connectivity index (χ2v) is 7.33. The van der Waals surface area contributed by atoms with Crippen LogP contribution in [0.5, 0.6) is 5.75 Å². The minimum Gasteiger partial charge on any atom is -0.484 e. The Balaban J connectivity index is 1.48. The summed E-state index contributed by atoms with van der Waals surface area (Å²) in [6, 6.07) is 5.68. The van der Waals surface area contributed by atoms with Crippen molar-refractivity contribution in [3.8, 4) is 5.75 Å². The fraction of sp³-hybridized carbons (Fsp3) is 0.611. The van der Waals surface area contributed by atoms with Crippen LogP contribution < -0.4 is 10.1 Å². The van der Waals surface area contributed by atoms with Crippen LogP contribution in [0.3, 0.4) is 0 Å². The van der Waals surface area contributed by atoms with Gasteiger partial charge in [-0.2, -0.15) is 0 Å². The third-order valence-electron chi connectivity index (χ3n) is 5.32. The standard InChI is InChI=1S/C18H24ClNO2/c1-11-7-15(19)5-6-17(11)22-10-18(21)20-12(2)16-9-13-3-4-14(16)8-13/h5-7,12-14,16H,3-4,8-10H2,1-2H3,(H,20,21)/t12-,13-,14-,16+/m1/s1. The second-order valence-electron chi connectivity index (χ2n) is 6.89. The molecule has 2 fully saturated rings. The van der Waals surface area contributed by atoms with Crippen molar-refractivity contribution >= 4 is 17.5 Å². The Morgan fingerprint density at radius 1 is 1.41 bits per heavy atom. The highest BCUT2D eigenvalue weighted by Gasteiger charge is 2.42. The molecule has 0 aliphatic heterocycles. The molecule has 2 aliphatic carbocycles. The molecule has 1 aromatic rings. The number of rotatable bonds is 5. The van der Waals surface area contributed by atoms with Gasteiger partial charge in [-0.15, -0.1) is 0 Å². The molecule has 1 N–H and O–H groups in total. The Labute approximate surface area is 137 Å². The Morgan fingerprint density at radius 2 is 2.23 bits per heavy atom. The van der Waals surface area contributed by atoms with E-state index in [4.69, 9.17) is 16.3 Å². The average Bonchev–Trinajstić information content (AvgIpc) is 3.09. The summed E-state index contributed by atoms with van der Waals surface area (Å²) in [4.78, 5) is 12.1. The number of ether oxygens (including phenoxy) is 1. The summed E-state index contributed by atoms with van der Waals surface area (Å²) in [6.07, 6.45) is 5.38. The highest BCUT2D eigenvalue weighted by atomic mass is 35.5. The van der Waals surface area contributed by atoms with E-state index in [-0.39, 0.29) is 18.6 Å². The molecule has 0 radical (unpaired) electrons. The predicted molar refractivity (Wildman–Crippen MR) is 88.2 cm³/mol. The van der Waals surface area contributed by atoms with Crippen molar-refractivity contribution in [2.75, 3.05) is 6.61 Å². The molecule has 4 heteroatoms. The molecule has 1 aromatic carbocycles. The summed E-state index contributed by atoms with van der Waals surface area (Å²) < 4.78 is 5.61. The quantitative estimate of drug-likeness (QED) is 0.891. The van der Waals surface area contributed by atoms with E-state index in [0.29, 0.717) is 16.7 Å². The molecular formula is C18H24ClNO2. The van der Waals surface area contributed by atoms with Crippen molar-refractivity contribution in [1.29, 1.82) is 0 Å². The van der Waals surface area contributed by atoms with Crippen LogP contribution in [0.1, 0.15) is 38.2 Å². The van der Waals surface area contributed by atoms with Crippen LogP contribution in [-0.4, -0.2) is 18.6 Å². The minimum atomic E-state index is -0.0374. The third-order valence-corrected chi connectivity index (χ3v) is 5.55. The molecular weight excluding hydrogens is 298 g/mol. The minimum absolute atomic E-state index is 0.0374. The van der Waals surface area contributed by atoms with Gasteiger partial charge in [0.05, 0.1) is 0 Å². The maximum absolute atomic E-state index is 12.1.